The number of hydrogen-bond acceptors (Lipinski definition) is 3. The van der Waals surface area contributed by atoms with E-state index in [-0.39, 0.29) is 5.41 Å². The SMILES string of the molecule is CC(C)(c1ccccc1)c1nc(Br)ns1. The van der Waals surface area contributed by atoms with Gasteiger partial charge in [0.2, 0.25) is 4.73 Å². The molecule has 0 saturated carbocycles. The Morgan fingerprint density at radius 1 is 1.20 bits per heavy atom. The number of benzene rings is 1. The highest BCUT2D eigenvalue weighted by molar-refractivity contribution is 9.10. The molecule has 2 rings (SSSR count). The second kappa shape index (κ2) is 4.02. The molecule has 0 radical (unpaired) electrons. The maximum Gasteiger partial charge on any atom is 0.209 e. The molecular weight excluding hydrogens is 272 g/mol. The molecule has 2 aromatic rings. The molecule has 0 fully saturated rings. The lowest BCUT2D eigenvalue weighted by atomic mass is 9.85. The van der Waals surface area contributed by atoms with Crippen LogP contribution in [0.2, 0.25) is 0 Å². The van der Waals surface area contributed by atoms with Gasteiger partial charge in [-0.25, -0.2) is 4.98 Å². The van der Waals surface area contributed by atoms with E-state index in [9.17, 15) is 0 Å². The molecule has 1 heterocycles. The van der Waals surface area contributed by atoms with Gasteiger partial charge in [-0.05, 0) is 46.9 Å². The molecule has 0 aliphatic rings. The fraction of sp³-hybridized carbons (Fsp3) is 0.273. The van der Waals surface area contributed by atoms with Gasteiger partial charge in [-0.1, -0.05) is 30.3 Å². The predicted molar refractivity (Wildman–Crippen MR) is 66.2 cm³/mol. The molecule has 4 heteroatoms. The number of nitrogens with zero attached hydrogens (tertiary/aromatic N) is 2. The van der Waals surface area contributed by atoms with Crippen molar-refractivity contribution in [2.45, 2.75) is 19.3 Å². The fourth-order valence-corrected chi connectivity index (χ4v) is 2.63. The summed E-state index contributed by atoms with van der Waals surface area (Å²) in [6.45, 7) is 4.32. The summed E-state index contributed by atoms with van der Waals surface area (Å²) in [4.78, 5) is 4.38. The van der Waals surface area contributed by atoms with Crippen LogP contribution in [0, 0.1) is 0 Å². The fourth-order valence-electron chi connectivity index (χ4n) is 1.44. The zero-order valence-electron chi connectivity index (χ0n) is 8.57. The number of aromatic nitrogens is 2. The largest absolute Gasteiger partial charge is 0.213 e. The van der Waals surface area contributed by atoms with Gasteiger partial charge in [0.1, 0.15) is 5.01 Å². The van der Waals surface area contributed by atoms with Gasteiger partial charge in [-0.3, -0.25) is 0 Å². The van der Waals surface area contributed by atoms with Crippen molar-refractivity contribution in [2.24, 2.45) is 0 Å². The van der Waals surface area contributed by atoms with Gasteiger partial charge in [0.05, 0.1) is 0 Å². The molecule has 78 valence electrons. The van der Waals surface area contributed by atoms with Crippen LogP contribution in [0.5, 0.6) is 0 Å². The summed E-state index contributed by atoms with van der Waals surface area (Å²) in [5, 5.41) is 1.03. The quantitative estimate of drug-likeness (QED) is 0.841. The molecule has 0 atom stereocenters. The molecule has 1 aromatic carbocycles. The van der Waals surface area contributed by atoms with Gasteiger partial charge >= 0.3 is 0 Å². The molecule has 0 aliphatic carbocycles. The Bertz CT molecular complexity index is 451. The monoisotopic (exact) mass is 282 g/mol. The van der Waals surface area contributed by atoms with Crippen molar-refractivity contribution >= 4 is 27.5 Å². The Balaban J connectivity index is 2.43. The van der Waals surface area contributed by atoms with Crippen molar-refractivity contribution < 1.29 is 0 Å². The third kappa shape index (κ3) is 2.11. The van der Waals surface area contributed by atoms with E-state index >= 15 is 0 Å². The molecule has 0 N–H and O–H groups in total. The summed E-state index contributed by atoms with van der Waals surface area (Å²) >= 11 is 4.73. The Hall–Kier alpha value is -0.740. The molecule has 0 saturated heterocycles. The highest BCUT2D eigenvalue weighted by Gasteiger charge is 2.26. The van der Waals surface area contributed by atoms with Crippen molar-refractivity contribution in [3.8, 4) is 0 Å². The van der Waals surface area contributed by atoms with Gasteiger partial charge < -0.3 is 0 Å². The Morgan fingerprint density at radius 3 is 2.40 bits per heavy atom. The molecule has 2 nitrogen and oxygen atoms in total. The number of hydrogen-bond donors (Lipinski definition) is 0. The Morgan fingerprint density at radius 2 is 1.87 bits per heavy atom. The van der Waals surface area contributed by atoms with Crippen LogP contribution in [0.1, 0.15) is 24.4 Å². The van der Waals surface area contributed by atoms with E-state index < -0.39 is 0 Å². The van der Waals surface area contributed by atoms with Crippen molar-refractivity contribution in [3.63, 3.8) is 0 Å². The van der Waals surface area contributed by atoms with Crippen LogP contribution >= 0.6 is 27.5 Å². The summed E-state index contributed by atoms with van der Waals surface area (Å²) in [7, 11) is 0. The van der Waals surface area contributed by atoms with Crippen LogP contribution < -0.4 is 0 Å². The third-order valence-corrected chi connectivity index (χ3v) is 4.06. The van der Waals surface area contributed by atoms with Crippen molar-refractivity contribution in [1.82, 2.24) is 9.36 Å². The van der Waals surface area contributed by atoms with E-state index in [4.69, 9.17) is 0 Å². The minimum Gasteiger partial charge on any atom is -0.213 e. The lowest BCUT2D eigenvalue weighted by molar-refractivity contribution is 0.633. The van der Waals surface area contributed by atoms with E-state index in [1.54, 1.807) is 0 Å². The van der Waals surface area contributed by atoms with E-state index in [1.165, 1.54) is 17.1 Å². The zero-order valence-corrected chi connectivity index (χ0v) is 11.0. The third-order valence-electron chi connectivity index (χ3n) is 2.43. The lowest BCUT2D eigenvalue weighted by Crippen LogP contribution is -2.18. The Kier molecular flexibility index (Phi) is 2.89. The highest BCUT2D eigenvalue weighted by Crippen LogP contribution is 2.32. The summed E-state index contributed by atoms with van der Waals surface area (Å²) in [5.41, 5.74) is 1.18. The summed E-state index contributed by atoms with van der Waals surface area (Å²) in [6.07, 6.45) is 0. The van der Waals surface area contributed by atoms with Gasteiger partial charge in [-0.2, -0.15) is 4.37 Å². The highest BCUT2D eigenvalue weighted by atomic mass is 79.9. The first kappa shape index (κ1) is 10.8. The van der Waals surface area contributed by atoms with Crippen LogP contribution in [-0.2, 0) is 5.41 Å². The normalized spacial score (nSPS) is 11.7. The second-order valence-corrected chi connectivity index (χ2v) is 5.32. The predicted octanol–water partition coefficient (Wildman–Crippen LogP) is 3.63. The Labute approximate surface area is 102 Å². The smallest absolute Gasteiger partial charge is 0.209 e. The molecule has 15 heavy (non-hydrogen) atoms. The van der Waals surface area contributed by atoms with E-state index in [0.717, 1.165) is 5.01 Å². The van der Waals surface area contributed by atoms with Gasteiger partial charge in [0.25, 0.3) is 0 Å². The minimum atomic E-state index is -0.0784. The van der Waals surface area contributed by atoms with Crippen molar-refractivity contribution in [2.75, 3.05) is 0 Å². The van der Waals surface area contributed by atoms with E-state index in [2.05, 4.69) is 51.3 Å². The van der Waals surface area contributed by atoms with Crippen LogP contribution in [0.25, 0.3) is 0 Å². The second-order valence-electron chi connectivity index (χ2n) is 3.86. The molecule has 1 aromatic heterocycles. The molecule has 0 unspecified atom stereocenters. The maximum atomic E-state index is 4.38. The van der Waals surface area contributed by atoms with Gasteiger partial charge in [0.15, 0.2) is 0 Å². The van der Waals surface area contributed by atoms with Crippen molar-refractivity contribution in [3.05, 3.63) is 45.6 Å². The average Bonchev–Trinajstić information content (AvgIpc) is 2.67. The number of rotatable bonds is 2. The standard InChI is InChI=1S/C11H11BrN2S/c1-11(2,8-6-4-3-5-7-8)9-13-10(12)14-15-9/h3-7H,1-2H3. The molecule has 0 bridgehead atoms. The van der Waals surface area contributed by atoms with Crippen LogP contribution in [0.4, 0.5) is 0 Å². The summed E-state index contributed by atoms with van der Waals surface area (Å²) in [5.74, 6) is 0. The average molecular weight is 283 g/mol. The maximum absolute atomic E-state index is 4.38. The van der Waals surface area contributed by atoms with Crippen LogP contribution in [0.15, 0.2) is 35.1 Å². The topological polar surface area (TPSA) is 25.8 Å². The first-order valence-corrected chi connectivity index (χ1v) is 6.22. The first-order valence-electron chi connectivity index (χ1n) is 4.66. The van der Waals surface area contributed by atoms with Gasteiger partial charge in [-0.15, -0.1) is 0 Å². The van der Waals surface area contributed by atoms with Gasteiger partial charge in [0, 0.05) is 5.41 Å². The molecular formula is C11H11BrN2S. The van der Waals surface area contributed by atoms with Crippen molar-refractivity contribution in [1.29, 1.82) is 0 Å². The summed E-state index contributed by atoms with van der Waals surface area (Å²) in [6, 6.07) is 10.4. The number of halogens is 1. The van der Waals surface area contributed by atoms with E-state index in [1.807, 2.05) is 18.2 Å². The molecule has 0 spiro atoms. The lowest BCUT2D eigenvalue weighted by Gasteiger charge is -2.21. The van der Waals surface area contributed by atoms with Crippen LogP contribution in [-0.4, -0.2) is 9.36 Å². The molecule has 0 aliphatic heterocycles. The first-order chi connectivity index (χ1) is 7.10. The zero-order chi connectivity index (χ0) is 10.9. The van der Waals surface area contributed by atoms with Crippen LogP contribution in [0.3, 0.4) is 0 Å². The van der Waals surface area contributed by atoms with E-state index in [0.29, 0.717) is 4.73 Å². The summed E-state index contributed by atoms with van der Waals surface area (Å²) < 4.78 is 4.83. The molecule has 0 amide bonds. The minimum absolute atomic E-state index is 0.0784.